The number of piperazine rings is 1. The number of carbonyl (C=O) groups is 3. The van der Waals surface area contributed by atoms with Crippen LogP contribution in [0.1, 0.15) is 66.1 Å². The number of carbonyl (C=O) groups excluding carboxylic acids is 3. The van der Waals surface area contributed by atoms with Crippen LogP contribution < -0.4 is 25.2 Å². The maximum Gasteiger partial charge on any atom is 0.258 e. The van der Waals surface area contributed by atoms with Crippen molar-refractivity contribution in [1.29, 1.82) is 0 Å². The highest BCUT2D eigenvalue weighted by Crippen LogP contribution is 2.44. The van der Waals surface area contributed by atoms with Crippen LogP contribution in [0.5, 0.6) is 5.88 Å². The fourth-order valence-corrected chi connectivity index (χ4v) is 10.3. The van der Waals surface area contributed by atoms with Gasteiger partial charge in [-0.1, -0.05) is 0 Å². The fraction of sp³-hybridized carbons (Fsp3) is 0.478. The Balaban J connectivity index is 0.849. The van der Waals surface area contributed by atoms with Gasteiger partial charge in [-0.25, -0.2) is 18.4 Å². The molecule has 2 N–H and O–H groups in total. The van der Waals surface area contributed by atoms with Crippen LogP contribution in [0.3, 0.4) is 0 Å². The number of benzene rings is 2. The third kappa shape index (κ3) is 8.01. The number of aromatic nitrogens is 5. The molecule has 0 spiro atoms. The number of fused-ring (bicyclic) bond motifs is 8. The molecule has 330 valence electrons. The van der Waals surface area contributed by atoms with E-state index in [2.05, 4.69) is 42.2 Å². The summed E-state index contributed by atoms with van der Waals surface area (Å²) < 4.78 is 46.8. The molecule has 5 aromatic rings. The van der Waals surface area contributed by atoms with Crippen LogP contribution in [0.25, 0.3) is 22.3 Å². The average molecular weight is 863 g/mol. The Morgan fingerprint density at radius 1 is 0.873 bits per heavy atom. The van der Waals surface area contributed by atoms with Crippen LogP contribution >= 0.6 is 0 Å². The molecular weight excluding hydrogens is 811 g/mol. The summed E-state index contributed by atoms with van der Waals surface area (Å²) >= 11 is 0. The largest absolute Gasteiger partial charge is 0.477 e. The number of halogens is 2. The van der Waals surface area contributed by atoms with Gasteiger partial charge in [-0.2, -0.15) is 5.10 Å². The first-order chi connectivity index (χ1) is 30.5. The van der Waals surface area contributed by atoms with Gasteiger partial charge in [0.2, 0.25) is 23.6 Å². The van der Waals surface area contributed by atoms with Crippen molar-refractivity contribution in [2.24, 2.45) is 18.9 Å². The lowest BCUT2D eigenvalue weighted by Gasteiger charge is -2.48. The number of hydrogen-bond acceptors (Lipinski definition) is 11. The number of methoxy groups -OCH3 is 1. The van der Waals surface area contributed by atoms with Gasteiger partial charge >= 0.3 is 0 Å². The van der Waals surface area contributed by atoms with Crippen molar-refractivity contribution < 1.29 is 32.6 Å². The number of nitrogens with one attached hydrogen (secondary N) is 2. The number of imide groups is 1. The third-order valence-electron chi connectivity index (χ3n) is 13.7. The molecule has 5 aliphatic rings. The summed E-state index contributed by atoms with van der Waals surface area (Å²) in [6, 6.07) is 12.9. The van der Waals surface area contributed by atoms with E-state index < -0.39 is 29.4 Å². The van der Waals surface area contributed by atoms with Gasteiger partial charge in [0, 0.05) is 94.1 Å². The zero-order valence-electron chi connectivity index (χ0n) is 35.8. The molecule has 4 aliphatic heterocycles. The summed E-state index contributed by atoms with van der Waals surface area (Å²) in [7, 11) is 3.58. The molecule has 15 nitrogen and oxygen atoms in total. The maximum absolute atomic E-state index is 15.4. The Labute approximate surface area is 363 Å². The normalized spacial score (nSPS) is 23.5. The lowest BCUT2D eigenvalue weighted by atomic mass is 9.89. The van der Waals surface area contributed by atoms with E-state index in [4.69, 9.17) is 19.4 Å². The number of pyridine rings is 1. The molecule has 63 heavy (non-hydrogen) atoms. The molecule has 17 heteroatoms. The van der Waals surface area contributed by atoms with Gasteiger partial charge in [0.05, 0.1) is 53.7 Å². The highest BCUT2D eigenvalue weighted by atomic mass is 19.1. The zero-order valence-corrected chi connectivity index (χ0v) is 35.8. The SMILES string of the molecule is COC[C@@H]1CN(c2ccc3nc4n(c3c2)C[C@H]2C[C@@H]2CCOc2c(cnn2C)-c2cc(cc(C)n2)C(=O)N4)CCN1C1CCN(c2cc(F)c(C3CCC(=O)NC3=O)c(F)c2)CC1. The van der Waals surface area contributed by atoms with E-state index in [9.17, 15) is 14.4 Å². The van der Waals surface area contributed by atoms with Crippen LogP contribution in [0, 0.1) is 30.4 Å². The topological polar surface area (TPSA) is 152 Å². The van der Waals surface area contributed by atoms with Gasteiger partial charge in [-0.05, 0) is 93.3 Å². The van der Waals surface area contributed by atoms with Crippen molar-refractivity contribution in [3.8, 4) is 17.1 Å². The molecular formula is C46H52F2N10O5. The third-order valence-corrected chi connectivity index (χ3v) is 13.7. The number of ether oxygens (including phenoxy) is 2. The number of imidazole rings is 1. The maximum atomic E-state index is 15.4. The predicted octanol–water partition coefficient (Wildman–Crippen LogP) is 5.42. The summed E-state index contributed by atoms with van der Waals surface area (Å²) in [4.78, 5) is 54.6. The standard InChI is InChI=1S/C46H52F2N10O5/c1-26-16-28-18-39(50-26)35-22-49-54(2)45(35)63-15-10-27-17-29(27)23-58-40-21-31(4-6-38(40)51-46(58)53-43(28)60)56-13-14-57(33(24-56)25-62-3)30-8-11-55(12-9-30)32-19-36(47)42(37(48)20-32)34-5-7-41(59)52-44(34)61/h4,6,16,18-22,27,29-30,33-34H,5,7-15,17,23-25H2,1-3H3,(H,51,53,60)(H,52,59,61)/t27-,29+,33-,34?/m0/s1. The second kappa shape index (κ2) is 16.6. The molecule has 3 aromatic heterocycles. The molecule has 7 heterocycles. The Hall–Kier alpha value is -5.94. The predicted molar refractivity (Wildman–Crippen MR) is 232 cm³/mol. The van der Waals surface area contributed by atoms with Crippen molar-refractivity contribution in [2.45, 2.75) is 70.0 Å². The molecule has 2 aromatic carbocycles. The summed E-state index contributed by atoms with van der Waals surface area (Å²) in [5.74, 6) is -1.84. The molecule has 1 unspecified atom stereocenters. The quantitative estimate of drug-likeness (QED) is 0.211. The molecule has 1 saturated carbocycles. The van der Waals surface area contributed by atoms with Crippen molar-refractivity contribution >= 4 is 46.1 Å². The molecule has 0 radical (unpaired) electrons. The van der Waals surface area contributed by atoms with Crippen LogP contribution in [0.4, 0.5) is 26.1 Å². The summed E-state index contributed by atoms with van der Waals surface area (Å²) in [5.41, 5.74) is 5.59. The van der Waals surface area contributed by atoms with Crippen LogP contribution in [0.15, 0.2) is 48.7 Å². The minimum absolute atomic E-state index is 0.0486. The van der Waals surface area contributed by atoms with Gasteiger partial charge in [0.15, 0.2) is 0 Å². The van der Waals surface area contributed by atoms with E-state index >= 15 is 8.78 Å². The highest BCUT2D eigenvalue weighted by Gasteiger charge is 2.39. The molecule has 3 amide bonds. The highest BCUT2D eigenvalue weighted by molar-refractivity contribution is 6.05. The number of anilines is 3. The van der Waals surface area contributed by atoms with Crippen molar-refractivity contribution in [3.63, 3.8) is 0 Å². The van der Waals surface area contributed by atoms with E-state index in [0.29, 0.717) is 72.6 Å². The number of nitrogens with zero attached hydrogens (tertiary/aromatic N) is 8. The Kier molecular flexibility index (Phi) is 10.9. The molecule has 10 rings (SSSR count). The minimum Gasteiger partial charge on any atom is -0.477 e. The van der Waals surface area contributed by atoms with Crippen LogP contribution in [-0.4, -0.2) is 112 Å². The molecule has 3 saturated heterocycles. The van der Waals surface area contributed by atoms with Gasteiger partial charge < -0.3 is 23.8 Å². The summed E-state index contributed by atoms with van der Waals surface area (Å²) in [6.07, 6.45) is 5.47. The number of rotatable bonds is 6. The van der Waals surface area contributed by atoms with E-state index in [1.54, 1.807) is 30.1 Å². The van der Waals surface area contributed by atoms with Crippen LogP contribution in [0.2, 0.25) is 0 Å². The lowest BCUT2D eigenvalue weighted by Crippen LogP contribution is -2.60. The number of piperidine rings is 2. The monoisotopic (exact) mass is 862 g/mol. The van der Waals surface area contributed by atoms with Gasteiger partial charge in [-0.15, -0.1) is 0 Å². The summed E-state index contributed by atoms with van der Waals surface area (Å²) in [6.45, 7) is 7.33. The van der Waals surface area contributed by atoms with E-state index in [-0.39, 0.29) is 36.4 Å². The summed E-state index contributed by atoms with van der Waals surface area (Å²) in [5, 5.41) is 9.79. The van der Waals surface area contributed by atoms with Crippen molar-refractivity contribution in [3.05, 3.63) is 77.1 Å². The van der Waals surface area contributed by atoms with E-state index in [0.717, 1.165) is 74.1 Å². The Bertz CT molecular complexity index is 2580. The number of aryl methyl sites for hydroxylation is 2. The van der Waals surface area contributed by atoms with E-state index in [1.807, 2.05) is 24.9 Å². The molecule has 1 aliphatic carbocycles. The van der Waals surface area contributed by atoms with Gasteiger partial charge in [-0.3, -0.25) is 34.9 Å². The second-order valence-electron chi connectivity index (χ2n) is 17.8. The fourth-order valence-electron chi connectivity index (χ4n) is 10.3. The van der Waals surface area contributed by atoms with Crippen molar-refractivity contribution in [1.82, 2.24) is 34.5 Å². The number of amides is 3. The molecule has 2 bridgehead atoms. The zero-order chi connectivity index (χ0) is 43.5. The number of hydrogen-bond donors (Lipinski definition) is 2. The second-order valence-corrected chi connectivity index (χ2v) is 17.8. The lowest BCUT2D eigenvalue weighted by molar-refractivity contribution is -0.134. The molecule has 4 fully saturated rings. The Morgan fingerprint density at radius 2 is 1.68 bits per heavy atom. The first kappa shape index (κ1) is 41.1. The van der Waals surface area contributed by atoms with Gasteiger partial charge in [0.1, 0.15) is 11.6 Å². The van der Waals surface area contributed by atoms with Crippen molar-refractivity contribution in [2.75, 3.05) is 68.2 Å². The first-order valence-corrected chi connectivity index (χ1v) is 22.0. The molecule has 4 atom stereocenters. The average Bonchev–Trinajstić information content (AvgIpc) is 3.78. The van der Waals surface area contributed by atoms with Gasteiger partial charge in [0.25, 0.3) is 5.91 Å². The van der Waals surface area contributed by atoms with Crippen LogP contribution in [-0.2, 0) is 27.9 Å². The van der Waals surface area contributed by atoms with E-state index in [1.165, 1.54) is 12.1 Å². The minimum atomic E-state index is -1.03. The first-order valence-electron chi connectivity index (χ1n) is 22.0. The smallest absolute Gasteiger partial charge is 0.258 e. The Morgan fingerprint density at radius 3 is 2.46 bits per heavy atom.